The lowest BCUT2D eigenvalue weighted by Crippen LogP contribution is -2.42. The lowest BCUT2D eigenvalue weighted by atomic mass is 10.1. The van der Waals surface area contributed by atoms with Crippen molar-refractivity contribution >= 4 is 29.5 Å². The summed E-state index contributed by atoms with van der Waals surface area (Å²) in [5.74, 6) is 0. The van der Waals surface area contributed by atoms with E-state index in [1.807, 2.05) is 19.2 Å². The molecule has 0 heterocycles. The van der Waals surface area contributed by atoms with Crippen molar-refractivity contribution in [3.05, 3.63) is 29.8 Å². The van der Waals surface area contributed by atoms with Gasteiger partial charge in [-0.3, -0.25) is 4.79 Å². The molecule has 0 radical (unpaired) electrons. The highest BCUT2D eigenvalue weighted by Crippen LogP contribution is 2.16. The summed E-state index contributed by atoms with van der Waals surface area (Å²) in [7, 11) is 2.04. The third-order valence-corrected chi connectivity index (χ3v) is 3.87. The first-order chi connectivity index (χ1) is 11.1. The van der Waals surface area contributed by atoms with Gasteiger partial charge in [0, 0.05) is 19.3 Å². The number of alkyl carbamates (subject to hydrolysis) is 1. The first kappa shape index (κ1) is 20.4. The maximum atomic E-state index is 11.8. The topological polar surface area (TPSA) is 58.6 Å². The minimum Gasteiger partial charge on any atom is -0.444 e. The number of rotatable bonds is 7. The van der Waals surface area contributed by atoms with E-state index < -0.39 is 17.7 Å². The number of carbonyl (C=O) groups excluding carboxylic acids is 2. The predicted octanol–water partition coefficient (Wildman–Crippen LogP) is 3.43. The first-order valence-corrected chi connectivity index (χ1v) is 8.59. The summed E-state index contributed by atoms with van der Waals surface area (Å²) in [6.07, 6.45) is 0.544. The van der Waals surface area contributed by atoms with Crippen molar-refractivity contribution in [1.82, 2.24) is 5.32 Å². The van der Waals surface area contributed by atoms with E-state index in [1.54, 1.807) is 20.8 Å². The Kier molecular flexibility index (Phi) is 7.60. The molecule has 0 unspecified atom stereocenters. The Morgan fingerprint density at radius 1 is 1.25 bits per heavy atom. The lowest BCUT2D eigenvalue weighted by Gasteiger charge is -2.22. The number of nitrogens with one attached hydrogen (secondary N) is 1. The number of amides is 1. The van der Waals surface area contributed by atoms with Gasteiger partial charge in [0.2, 0.25) is 5.12 Å². The van der Waals surface area contributed by atoms with Crippen LogP contribution in [0.5, 0.6) is 0 Å². The molecule has 6 heteroatoms. The van der Waals surface area contributed by atoms with Crippen molar-refractivity contribution < 1.29 is 14.3 Å². The second-order valence-electron chi connectivity index (χ2n) is 6.76. The number of hydrogen-bond acceptors (Lipinski definition) is 4. The van der Waals surface area contributed by atoms with Crippen molar-refractivity contribution in [3.8, 4) is 0 Å². The number of hydrogen-bond donors (Lipinski definition) is 2. The number of nitrogens with zero attached hydrogens (tertiary/aromatic N) is 1. The molecule has 24 heavy (non-hydrogen) atoms. The summed E-state index contributed by atoms with van der Waals surface area (Å²) in [6, 6.07) is 7.51. The van der Waals surface area contributed by atoms with Crippen LogP contribution in [0.1, 0.15) is 39.7 Å². The van der Waals surface area contributed by atoms with Crippen LogP contribution in [0.2, 0.25) is 0 Å². The molecule has 5 nitrogen and oxygen atoms in total. The highest BCUT2D eigenvalue weighted by molar-refractivity contribution is 7.96. The van der Waals surface area contributed by atoms with E-state index in [9.17, 15) is 9.59 Å². The van der Waals surface area contributed by atoms with E-state index in [1.165, 1.54) is 0 Å². The maximum absolute atomic E-state index is 11.8. The zero-order valence-electron chi connectivity index (χ0n) is 15.1. The molecule has 0 spiro atoms. The highest BCUT2D eigenvalue weighted by atomic mass is 32.1. The number of thiol groups is 1. The Balaban J connectivity index is 2.60. The molecule has 1 rings (SSSR count). The number of ether oxygens (including phenoxy) is 1. The Labute approximate surface area is 150 Å². The summed E-state index contributed by atoms with van der Waals surface area (Å²) in [5, 5.41) is 2.21. The lowest BCUT2D eigenvalue weighted by molar-refractivity contribution is -0.112. The molecule has 1 aromatic carbocycles. The normalized spacial score (nSPS) is 12.4. The number of aryl methyl sites for hydroxylation is 1. The molecule has 134 valence electrons. The summed E-state index contributed by atoms with van der Waals surface area (Å²) in [4.78, 5) is 25.6. The molecule has 0 saturated heterocycles. The van der Waals surface area contributed by atoms with E-state index in [-0.39, 0.29) is 5.12 Å². The van der Waals surface area contributed by atoms with Crippen LogP contribution >= 0.6 is 12.6 Å². The van der Waals surface area contributed by atoms with Crippen LogP contribution in [-0.2, 0) is 16.0 Å². The molecule has 1 amide bonds. The van der Waals surface area contributed by atoms with Gasteiger partial charge in [0.15, 0.2) is 0 Å². The number of carbonyl (C=O) groups is 2. The van der Waals surface area contributed by atoms with Gasteiger partial charge in [-0.05, 0) is 58.2 Å². The second-order valence-corrected chi connectivity index (χ2v) is 7.20. The molecular formula is C18H28N2O3S. The van der Waals surface area contributed by atoms with E-state index in [0.717, 1.165) is 17.8 Å². The predicted molar refractivity (Wildman–Crippen MR) is 101 cm³/mol. The van der Waals surface area contributed by atoms with Gasteiger partial charge in [-0.2, -0.15) is 0 Å². The fourth-order valence-electron chi connectivity index (χ4n) is 2.12. The molecule has 0 saturated carbocycles. The molecule has 0 fully saturated rings. The quantitative estimate of drug-likeness (QED) is 0.738. The minimum atomic E-state index is -0.666. The Morgan fingerprint density at radius 3 is 2.29 bits per heavy atom. The summed E-state index contributed by atoms with van der Waals surface area (Å²) >= 11 is 3.87. The van der Waals surface area contributed by atoms with E-state index in [0.29, 0.717) is 12.8 Å². The fraction of sp³-hybridized carbons (Fsp3) is 0.556. The van der Waals surface area contributed by atoms with E-state index in [2.05, 4.69) is 41.9 Å². The highest BCUT2D eigenvalue weighted by Gasteiger charge is 2.22. The summed E-state index contributed by atoms with van der Waals surface area (Å²) in [5.41, 5.74) is 1.65. The fourth-order valence-corrected chi connectivity index (χ4v) is 2.31. The third-order valence-electron chi connectivity index (χ3n) is 3.56. The van der Waals surface area contributed by atoms with Crippen LogP contribution in [0, 0.1) is 0 Å². The van der Waals surface area contributed by atoms with Crippen LogP contribution in [0.4, 0.5) is 10.5 Å². The van der Waals surface area contributed by atoms with Gasteiger partial charge in [0.05, 0.1) is 0 Å². The van der Waals surface area contributed by atoms with Crippen LogP contribution in [0.25, 0.3) is 0 Å². The zero-order valence-corrected chi connectivity index (χ0v) is 16.0. The van der Waals surface area contributed by atoms with E-state index in [4.69, 9.17) is 4.74 Å². The zero-order chi connectivity index (χ0) is 18.3. The molecule has 1 atom stereocenters. The average Bonchev–Trinajstić information content (AvgIpc) is 2.49. The largest absolute Gasteiger partial charge is 0.444 e. The molecule has 0 aliphatic heterocycles. The molecule has 1 aromatic rings. The molecule has 0 aliphatic rings. The first-order valence-electron chi connectivity index (χ1n) is 8.14. The molecular weight excluding hydrogens is 324 g/mol. The van der Waals surface area contributed by atoms with Gasteiger partial charge in [0.1, 0.15) is 11.6 Å². The molecule has 0 bridgehead atoms. The van der Waals surface area contributed by atoms with Crippen molar-refractivity contribution in [2.75, 3.05) is 18.5 Å². The van der Waals surface area contributed by atoms with Crippen molar-refractivity contribution in [2.45, 2.75) is 52.2 Å². The number of benzene rings is 1. The Morgan fingerprint density at radius 2 is 1.83 bits per heavy atom. The van der Waals surface area contributed by atoms with Gasteiger partial charge in [0.25, 0.3) is 0 Å². The molecule has 0 aromatic heterocycles. The van der Waals surface area contributed by atoms with Gasteiger partial charge in [-0.15, -0.1) is 12.6 Å². The second kappa shape index (κ2) is 8.97. The van der Waals surface area contributed by atoms with Gasteiger partial charge >= 0.3 is 6.09 Å². The van der Waals surface area contributed by atoms with E-state index >= 15 is 0 Å². The van der Waals surface area contributed by atoms with Gasteiger partial charge < -0.3 is 15.0 Å². The van der Waals surface area contributed by atoms with Crippen LogP contribution in [0.3, 0.4) is 0 Å². The van der Waals surface area contributed by atoms with Crippen molar-refractivity contribution in [2.24, 2.45) is 0 Å². The SMILES string of the molecule is CCN(C)c1ccc(CC[C@@H](NC(=O)OC(C)(C)C)C(=O)S)cc1. The van der Waals surface area contributed by atoms with Crippen LogP contribution < -0.4 is 10.2 Å². The van der Waals surface area contributed by atoms with Crippen molar-refractivity contribution in [3.63, 3.8) is 0 Å². The number of anilines is 1. The Bertz CT molecular complexity index is 552. The third kappa shape index (κ3) is 7.25. The standard InChI is InChI=1S/C18H28N2O3S/c1-6-20(5)14-10-7-13(8-11-14)9-12-15(16(21)24)19-17(22)23-18(2,3)4/h7-8,10-11,15H,6,9,12H2,1-5H3,(H,19,22)(H,21,24)/t15-/m1/s1. The minimum absolute atomic E-state index is 0.372. The summed E-state index contributed by atoms with van der Waals surface area (Å²) in [6.45, 7) is 8.37. The molecule has 0 aliphatic carbocycles. The summed E-state index contributed by atoms with van der Waals surface area (Å²) < 4.78 is 5.18. The average molecular weight is 352 g/mol. The van der Waals surface area contributed by atoms with Crippen LogP contribution in [0.15, 0.2) is 24.3 Å². The van der Waals surface area contributed by atoms with Crippen LogP contribution in [-0.4, -0.2) is 36.4 Å². The Hall–Kier alpha value is -1.69. The molecule has 1 N–H and O–H groups in total. The van der Waals surface area contributed by atoms with Gasteiger partial charge in [-0.25, -0.2) is 4.79 Å². The van der Waals surface area contributed by atoms with Crippen molar-refractivity contribution in [1.29, 1.82) is 0 Å². The monoisotopic (exact) mass is 352 g/mol. The van der Waals surface area contributed by atoms with Gasteiger partial charge in [-0.1, -0.05) is 12.1 Å². The maximum Gasteiger partial charge on any atom is 0.408 e. The smallest absolute Gasteiger partial charge is 0.408 e.